The first kappa shape index (κ1) is 20.9. The number of methoxy groups -OCH3 is 1. The van der Waals surface area contributed by atoms with Crippen molar-refractivity contribution in [3.8, 4) is 16.9 Å². The van der Waals surface area contributed by atoms with Gasteiger partial charge in [0.2, 0.25) is 5.91 Å². The zero-order chi connectivity index (χ0) is 19.3. The van der Waals surface area contributed by atoms with Crippen LogP contribution in [0.4, 0.5) is 5.69 Å². The molecule has 0 bridgehead atoms. The normalized spacial score (nSPS) is 18.0. The molecule has 1 saturated heterocycles. The molecule has 1 fully saturated rings. The molecule has 3 aromatic rings. The number of benzene rings is 3. The van der Waals surface area contributed by atoms with Gasteiger partial charge in [-0.05, 0) is 41.0 Å². The van der Waals surface area contributed by atoms with Crippen molar-refractivity contribution in [3.05, 3.63) is 84.4 Å². The summed E-state index contributed by atoms with van der Waals surface area (Å²) in [6.07, 6.45) is 0. The fourth-order valence-electron chi connectivity index (χ4n) is 3.80. The Hall–Kier alpha value is -2.82. The summed E-state index contributed by atoms with van der Waals surface area (Å²) < 4.78 is 5.24. The molecule has 150 valence electrons. The van der Waals surface area contributed by atoms with Gasteiger partial charge in [0.05, 0.1) is 13.0 Å². The molecule has 2 N–H and O–H groups in total. The summed E-state index contributed by atoms with van der Waals surface area (Å²) in [6, 6.07) is 26.2. The van der Waals surface area contributed by atoms with E-state index in [1.807, 2.05) is 60.7 Å². The number of nitrogens with one attached hydrogen (secondary N) is 2. The maximum Gasteiger partial charge on any atom is 0.229 e. The third kappa shape index (κ3) is 4.78. The molecule has 1 heterocycles. The minimum atomic E-state index is -0.103. The van der Waals surface area contributed by atoms with Crippen molar-refractivity contribution in [2.75, 3.05) is 25.5 Å². The van der Waals surface area contributed by atoms with E-state index in [1.54, 1.807) is 7.11 Å². The quantitative estimate of drug-likeness (QED) is 0.641. The molecule has 4 nitrogen and oxygen atoms in total. The van der Waals surface area contributed by atoms with E-state index in [2.05, 4.69) is 28.8 Å². The Morgan fingerprint density at radius 2 is 1.66 bits per heavy atom. The van der Waals surface area contributed by atoms with Crippen molar-refractivity contribution in [2.24, 2.45) is 5.92 Å². The number of halogens is 1. The summed E-state index contributed by atoms with van der Waals surface area (Å²) in [5, 5.41) is 6.47. The molecule has 0 radical (unpaired) electrons. The number of ether oxygens (including phenoxy) is 1. The Balaban J connectivity index is 0.00000240. The largest absolute Gasteiger partial charge is 0.497 e. The maximum absolute atomic E-state index is 13.0. The molecular weight excluding hydrogens is 384 g/mol. The zero-order valence-electron chi connectivity index (χ0n) is 16.3. The Morgan fingerprint density at radius 3 is 2.38 bits per heavy atom. The van der Waals surface area contributed by atoms with Crippen LogP contribution in [0, 0.1) is 5.92 Å². The average molecular weight is 409 g/mol. The second kappa shape index (κ2) is 9.59. The molecule has 0 aromatic heterocycles. The van der Waals surface area contributed by atoms with Crippen LogP contribution in [0.25, 0.3) is 11.1 Å². The number of amides is 1. The molecule has 1 aliphatic heterocycles. The summed E-state index contributed by atoms with van der Waals surface area (Å²) in [6.45, 7) is 1.48. The first-order valence-corrected chi connectivity index (χ1v) is 9.55. The van der Waals surface area contributed by atoms with Gasteiger partial charge < -0.3 is 15.4 Å². The van der Waals surface area contributed by atoms with E-state index in [-0.39, 0.29) is 30.2 Å². The molecule has 3 aromatic carbocycles. The van der Waals surface area contributed by atoms with Crippen LogP contribution in [0.5, 0.6) is 5.75 Å². The van der Waals surface area contributed by atoms with E-state index < -0.39 is 0 Å². The minimum Gasteiger partial charge on any atom is -0.497 e. The molecule has 4 rings (SSSR count). The van der Waals surface area contributed by atoms with E-state index in [4.69, 9.17) is 4.74 Å². The third-order valence-electron chi connectivity index (χ3n) is 5.33. The van der Waals surface area contributed by atoms with Crippen LogP contribution in [0.3, 0.4) is 0 Å². The first-order chi connectivity index (χ1) is 13.7. The van der Waals surface area contributed by atoms with Crippen LogP contribution >= 0.6 is 12.4 Å². The van der Waals surface area contributed by atoms with E-state index in [0.717, 1.165) is 34.7 Å². The summed E-state index contributed by atoms with van der Waals surface area (Å²) in [7, 11) is 1.66. The van der Waals surface area contributed by atoms with Crippen LogP contribution in [-0.2, 0) is 4.79 Å². The molecule has 1 amide bonds. The first-order valence-electron chi connectivity index (χ1n) is 9.55. The van der Waals surface area contributed by atoms with Gasteiger partial charge in [0.15, 0.2) is 0 Å². The third-order valence-corrected chi connectivity index (χ3v) is 5.33. The van der Waals surface area contributed by atoms with Gasteiger partial charge in [0.25, 0.3) is 0 Å². The SMILES string of the molecule is COc1ccc(C2CNCC2C(=O)Nc2cccc(-c3ccccc3)c2)cc1.Cl. The Kier molecular flexibility index (Phi) is 6.91. The van der Waals surface area contributed by atoms with Gasteiger partial charge in [-0.2, -0.15) is 0 Å². The highest BCUT2D eigenvalue weighted by Crippen LogP contribution is 2.31. The summed E-state index contributed by atoms with van der Waals surface area (Å²) in [4.78, 5) is 13.0. The van der Waals surface area contributed by atoms with E-state index in [1.165, 1.54) is 0 Å². The average Bonchev–Trinajstić information content (AvgIpc) is 3.25. The zero-order valence-corrected chi connectivity index (χ0v) is 17.1. The van der Waals surface area contributed by atoms with Crippen LogP contribution in [0.2, 0.25) is 0 Å². The molecule has 0 saturated carbocycles. The lowest BCUT2D eigenvalue weighted by molar-refractivity contribution is -0.119. The van der Waals surface area contributed by atoms with E-state index in [9.17, 15) is 4.79 Å². The van der Waals surface area contributed by atoms with Gasteiger partial charge in [-0.1, -0.05) is 54.6 Å². The van der Waals surface area contributed by atoms with Gasteiger partial charge in [0, 0.05) is 24.7 Å². The van der Waals surface area contributed by atoms with Crippen molar-refractivity contribution in [1.82, 2.24) is 5.32 Å². The lowest BCUT2D eigenvalue weighted by Crippen LogP contribution is -2.28. The van der Waals surface area contributed by atoms with Crippen molar-refractivity contribution >= 4 is 24.0 Å². The Morgan fingerprint density at radius 1 is 0.931 bits per heavy atom. The van der Waals surface area contributed by atoms with E-state index >= 15 is 0 Å². The standard InChI is InChI=1S/C24H24N2O2.ClH/c1-28-21-12-10-18(11-13-21)22-15-25-16-23(22)24(27)26-20-9-5-8-19(14-20)17-6-3-2-4-7-17;/h2-14,22-23,25H,15-16H2,1H3,(H,26,27);1H. The molecule has 2 unspecified atom stereocenters. The fraction of sp³-hybridized carbons (Fsp3) is 0.208. The Bertz CT molecular complexity index is 945. The van der Waals surface area contributed by atoms with Crippen LogP contribution < -0.4 is 15.4 Å². The number of carbonyl (C=O) groups is 1. The number of hydrogen-bond donors (Lipinski definition) is 2. The van der Waals surface area contributed by atoms with Crippen LogP contribution in [-0.4, -0.2) is 26.1 Å². The predicted molar refractivity (Wildman–Crippen MR) is 120 cm³/mol. The van der Waals surface area contributed by atoms with Crippen molar-refractivity contribution in [3.63, 3.8) is 0 Å². The topological polar surface area (TPSA) is 50.4 Å². The lowest BCUT2D eigenvalue weighted by Gasteiger charge is -2.19. The van der Waals surface area contributed by atoms with Crippen LogP contribution in [0.15, 0.2) is 78.9 Å². The molecule has 0 aliphatic carbocycles. The molecular formula is C24H25ClN2O2. The highest BCUT2D eigenvalue weighted by atomic mass is 35.5. The number of rotatable bonds is 5. The lowest BCUT2D eigenvalue weighted by atomic mass is 9.88. The van der Waals surface area contributed by atoms with Crippen molar-refractivity contribution in [2.45, 2.75) is 5.92 Å². The molecule has 0 spiro atoms. The van der Waals surface area contributed by atoms with Crippen molar-refractivity contribution in [1.29, 1.82) is 0 Å². The number of anilines is 1. The Labute approximate surface area is 177 Å². The summed E-state index contributed by atoms with van der Waals surface area (Å²) >= 11 is 0. The minimum absolute atomic E-state index is 0. The molecule has 29 heavy (non-hydrogen) atoms. The monoisotopic (exact) mass is 408 g/mol. The second-order valence-electron chi connectivity index (χ2n) is 7.08. The van der Waals surface area contributed by atoms with Gasteiger partial charge in [-0.3, -0.25) is 4.79 Å². The maximum atomic E-state index is 13.0. The highest BCUT2D eigenvalue weighted by molar-refractivity contribution is 5.94. The fourth-order valence-corrected chi connectivity index (χ4v) is 3.80. The van der Waals surface area contributed by atoms with Gasteiger partial charge >= 0.3 is 0 Å². The van der Waals surface area contributed by atoms with Gasteiger partial charge in [0.1, 0.15) is 5.75 Å². The summed E-state index contributed by atoms with van der Waals surface area (Å²) in [5.74, 6) is 0.932. The molecule has 1 aliphatic rings. The number of hydrogen-bond acceptors (Lipinski definition) is 3. The van der Waals surface area contributed by atoms with Crippen LogP contribution in [0.1, 0.15) is 11.5 Å². The van der Waals surface area contributed by atoms with E-state index in [0.29, 0.717) is 6.54 Å². The van der Waals surface area contributed by atoms with Gasteiger partial charge in [-0.15, -0.1) is 12.4 Å². The predicted octanol–water partition coefficient (Wildman–Crippen LogP) is 4.73. The highest BCUT2D eigenvalue weighted by Gasteiger charge is 2.34. The van der Waals surface area contributed by atoms with Crippen molar-refractivity contribution < 1.29 is 9.53 Å². The summed E-state index contributed by atoms with van der Waals surface area (Å²) in [5.41, 5.74) is 4.21. The molecule has 5 heteroatoms. The smallest absolute Gasteiger partial charge is 0.229 e. The molecule has 2 atom stereocenters. The van der Waals surface area contributed by atoms with Gasteiger partial charge in [-0.25, -0.2) is 0 Å². The number of carbonyl (C=O) groups excluding carboxylic acids is 1. The second-order valence-corrected chi connectivity index (χ2v) is 7.08.